The van der Waals surface area contributed by atoms with Crippen LogP contribution < -0.4 is 0 Å². The Bertz CT molecular complexity index is 1240. The van der Waals surface area contributed by atoms with Crippen molar-refractivity contribution in [3.63, 3.8) is 0 Å². The minimum atomic E-state index is -0.922. The molecule has 0 heterocycles. The lowest BCUT2D eigenvalue weighted by molar-refractivity contribution is -0.141. The van der Waals surface area contributed by atoms with E-state index in [0.717, 1.165) is 11.6 Å². The number of benzene rings is 3. The van der Waals surface area contributed by atoms with E-state index < -0.39 is 28.8 Å². The van der Waals surface area contributed by atoms with E-state index in [-0.39, 0.29) is 23.2 Å². The van der Waals surface area contributed by atoms with Gasteiger partial charge in [-0.15, -0.1) is 0 Å². The monoisotopic (exact) mass is 492 g/mol. The molecule has 0 saturated heterocycles. The number of phenolic OH excluding ortho intramolecular Hbond substituents is 4. The molecule has 0 aliphatic carbocycles. The summed E-state index contributed by atoms with van der Waals surface area (Å²) in [4.78, 5) is 23.5. The van der Waals surface area contributed by atoms with Gasteiger partial charge in [0.2, 0.25) is 11.5 Å². The fourth-order valence-corrected chi connectivity index (χ4v) is 3.33. The number of hydrogen-bond acceptors (Lipinski definition) is 7. The van der Waals surface area contributed by atoms with E-state index in [1.165, 1.54) is 29.3 Å². The average molecular weight is 493 g/mol. The molecule has 7 heteroatoms. The number of ketones is 1. The SMILES string of the molecule is Cc1ccc(C=CC(=O)OC(C)C)c(C(C)C)c1.O=C(c1ccccc1)c1cc(O)c(O)c(O)c1O. The number of phenols is 4. The summed E-state index contributed by atoms with van der Waals surface area (Å²) in [5.41, 5.74) is 3.58. The fourth-order valence-electron chi connectivity index (χ4n) is 3.33. The van der Waals surface area contributed by atoms with Crippen molar-refractivity contribution < 1.29 is 34.8 Å². The van der Waals surface area contributed by atoms with Gasteiger partial charge in [0, 0.05) is 11.6 Å². The molecule has 7 nitrogen and oxygen atoms in total. The molecule has 0 aliphatic heterocycles. The average Bonchev–Trinajstić information content (AvgIpc) is 2.84. The first-order valence-corrected chi connectivity index (χ1v) is 11.5. The second kappa shape index (κ2) is 12.4. The summed E-state index contributed by atoms with van der Waals surface area (Å²) in [6, 6.07) is 15.2. The molecule has 0 aromatic heterocycles. The van der Waals surface area contributed by atoms with Crippen molar-refractivity contribution >= 4 is 17.8 Å². The van der Waals surface area contributed by atoms with Crippen LogP contribution in [0.15, 0.2) is 60.7 Å². The molecule has 0 saturated carbocycles. The van der Waals surface area contributed by atoms with E-state index in [0.29, 0.717) is 5.92 Å². The largest absolute Gasteiger partial charge is 0.504 e. The van der Waals surface area contributed by atoms with Gasteiger partial charge in [-0.1, -0.05) is 67.9 Å². The summed E-state index contributed by atoms with van der Waals surface area (Å²) < 4.78 is 5.07. The second-order valence-electron chi connectivity index (χ2n) is 8.79. The minimum absolute atomic E-state index is 0.0789. The Labute approximate surface area is 210 Å². The molecule has 0 bridgehead atoms. The molecule has 3 aromatic carbocycles. The van der Waals surface area contributed by atoms with Crippen molar-refractivity contribution in [2.45, 2.75) is 46.6 Å². The zero-order valence-electron chi connectivity index (χ0n) is 21.0. The highest BCUT2D eigenvalue weighted by Gasteiger charge is 2.21. The van der Waals surface area contributed by atoms with Gasteiger partial charge in [-0.3, -0.25) is 4.79 Å². The van der Waals surface area contributed by atoms with Gasteiger partial charge < -0.3 is 25.2 Å². The summed E-state index contributed by atoms with van der Waals surface area (Å²) in [6.45, 7) is 10.1. The third kappa shape index (κ3) is 7.37. The molecule has 0 unspecified atom stereocenters. The molecule has 0 fully saturated rings. The maximum absolute atomic E-state index is 12.0. The smallest absolute Gasteiger partial charge is 0.331 e. The van der Waals surface area contributed by atoms with Crippen LogP contribution in [0.3, 0.4) is 0 Å². The maximum Gasteiger partial charge on any atom is 0.331 e. The van der Waals surface area contributed by atoms with Crippen LogP contribution in [0.5, 0.6) is 23.0 Å². The summed E-state index contributed by atoms with van der Waals surface area (Å²) in [5.74, 6) is -3.65. The molecule has 0 spiro atoms. The highest BCUT2D eigenvalue weighted by atomic mass is 16.5. The Kier molecular flexibility index (Phi) is 9.67. The molecule has 0 aliphatic rings. The van der Waals surface area contributed by atoms with Crippen molar-refractivity contribution in [1.29, 1.82) is 0 Å². The standard InChI is InChI=1S/C16H22O2.C13H10O5/c1-11(2)15-10-13(5)6-7-14(15)8-9-16(17)18-12(3)4;14-9-6-8(11(16)13(18)12(9)17)10(15)7-4-2-1-3-5-7/h6-12H,1-5H3;1-6,14,16-18H. The number of ether oxygens (including phenoxy) is 1. The predicted molar refractivity (Wildman–Crippen MR) is 139 cm³/mol. The molecular weight excluding hydrogens is 460 g/mol. The number of carbonyl (C=O) groups is 2. The highest BCUT2D eigenvalue weighted by Crippen LogP contribution is 2.44. The van der Waals surface area contributed by atoms with E-state index >= 15 is 0 Å². The fraction of sp³-hybridized carbons (Fsp3) is 0.241. The molecule has 190 valence electrons. The van der Waals surface area contributed by atoms with Gasteiger partial charge in [0.1, 0.15) is 0 Å². The maximum atomic E-state index is 12.0. The van der Waals surface area contributed by atoms with Gasteiger partial charge in [0.25, 0.3) is 0 Å². The van der Waals surface area contributed by atoms with E-state index in [2.05, 4.69) is 32.9 Å². The quantitative estimate of drug-likeness (QED) is 0.112. The number of esters is 1. The minimum Gasteiger partial charge on any atom is -0.504 e. The van der Waals surface area contributed by atoms with Gasteiger partial charge in [-0.25, -0.2) is 4.79 Å². The molecule has 3 aromatic rings. The first-order valence-electron chi connectivity index (χ1n) is 11.5. The number of hydrogen-bond donors (Lipinski definition) is 4. The van der Waals surface area contributed by atoms with Crippen molar-refractivity contribution in [3.05, 3.63) is 88.5 Å². The molecule has 4 N–H and O–H groups in total. The lowest BCUT2D eigenvalue weighted by Gasteiger charge is -2.11. The molecule has 36 heavy (non-hydrogen) atoms. The van der Waals surface area contributed by atoms with Crippen molar-refractivity contribution in [2.75, 3.05) is 0 Å². The zero-order valence-corrected chi connectivity index (χ0v) is 21.0. The molecule has 0 radical (unpaired) electrons. The van der Waals surface area contributed by atoms with Crippen LogP contribution in [0.25, 0.3) is 6.08 Å². The van der Waals surface area contributed by atoms with Gasteiger partial charge in [-0.05, 0) is 50.0 Å². The number of aryl methyl sites for hydroxylation is 1. The Morgan fingerprint density at radius 2 is 1.47 bits per heavy atom. The lowest BCUT2D eigenvalue weighted by Crippen LogP contribution is -2.08. The van der Waals surface area contributed by atoms with Crippen LogP contribution in [0, 0.1) is 6.92 Å². The number of carbonyl (C=O) groups excluding carboxylic acids is 2. The van der Waals surface area contributed by atoms with E-state index in [9.17, 15) is 30.0 Å². The molecular formula is C29H32O7. The Hall–Kier alpha value is -4.26. The molecule has 3 rings (SSSR count). The van der Waals surface area contributed by atoms with Crippen LogP contribution in [0.1, 0.15) is 66.2 Å². The Balaban J connectivity index is 0.000000254. The van der Waals surface area contributed by atoms with Gasteiger partial charge in [0.05, 0.1) is 11.7 Å². The third-order valence-electron chi connectivity index (χ3n) is 5.12. The molecule has 0 amide bonds. The highest BCUT2D eigenvalue weighted by molar-refractivity contribution is 6.11. The van der Waals surface area contributed by atoms with E-state index in [1.54, 1.807) is 18.2 Å². The third-order valence-corrected chi connectivity index (χ3v) is 5.12. The van der Waals surface area contributed by atoms with Crippen LogP contribution in [-0.4, -0.2) is 38.3 Å². The number of aromatic hydroxyl groups is 4. The summed E-state index contributed by atoms with van der Waals surface area (Å²) in [6.07, 6.45) is 3.25. The molecule has 0 atom stereocenters. The van der Waals surface area contributed by atoms with Gasteiger partial charge in [0.15, 0.2) is 17.3 Å². The second-order valence-corrected chi connectivity index (χ2v) is 8.79. The van der Waals surface area contributed by atoms with Crippen LogP contribution >= 0.6 is 0 Å². The topological polar surface area (TPSA) is 124 Å². The Morgan fingerprint density at radius 1 is 0.833 bits per heavy atom. The summed E-state index contributed by atoms with van der Waals surface area (Å²) in [5, 5.41) is 37.5. The van der Waals surface area contributed by atoms with Crippen molar-refractivity contribution in [2.24, 2.45) is 0 Å². The van der Waals surface area contributed by atoms with Crippen LogP contribution in [0.4, 0.5) is 0 Å². The summed E-state index contributed by atoms with van der Waals surface area (Å²) in [7, 11) is 0. The van der Waals surface area contributed by atoms with Crippen LogP contribution in [-0.2, 0) is 9.53 Å². The van der Waals surface area contributed by atoms with Gasteiger partial charge in [-0.2, -0.15) is 0 Å². The van der Waals surface area contributed by atoms with E-state index in [4.69, 9.17) is 4.74 Å². The van der Waals surface area contributed by atoms with Crippen molar-refractivity contribution in [1.82, 2.24) is 0 Å². The van der Waals surface area contributed by atoms with Crippen LogP contribution in [0.2, 0.25) is 0 Å². The summed E-state index contributed by atoms with van der Waals surface area (Å²) >= 11 is 0. The van der Waals surface area contributed by atoms with Crippen molar-refractivity contribution in [3.8, 4) is 23.0 Å². The predicted octanol–water partition coefficient (Wildman–Crippen LogP) is 5.82. The Morgan fingerprint density at radius 3 is 2.06 bits per heavy atom. The first kappa shape index (κ1) is 28.0. The normalized spacial score (nSPS) is 10.9. The lowest BCUT2D eigenvalue weighted by atomic mass is 9.95. The van der Waals surface area contributed by atoms with Gasteiger partial charge >= 0.3 is 5.97 Å². The zero-order chi connectivity index (χ0) is 27.0. The first-order chi connectivity index (χ1) is 16.9. The van der Waals surface area contributed by atoms with E-state index in [1.807, 2.05) is 26.0 Å². The number of rotatable bonds is 6.